The highest BCUT2D eigenvalue weighted by Gasteiger charge is 2.16. The molecule has 1 heterocycles. The molecule has 2 aromatic rings. The Morgan fingerprint density at radius 2 is 2.05 bits per heavy atom. The molecule has 0 unspecified atom stereocenters. The normalized spacial score (nSPS) is 12.9. The van der Waals surface area contributed by atoms with Crippen molar-refractivity contribution in [3.8, 4) is 17.2 Å². The number of ether oxygens (including phenoxy) is 2. The van der Waals surface area contributed by atoms with Gasteiger partial charge in [0.1, 0.15) is 17.3 Å². The van der Waals surface area contributed by atoms with E-state index in [1.165, 1.54) is 18.2 Å². The zero-order valence-electron chi connectivity index (χ0n) is 9.95. The van der Waals surface area contributed by atoms with Crippen molar-refractivity contribution in [3.05, 3.63) is 46.7 Å². The van der Waals surface area contributed by atoms with Crippen molar-refractivity contribution < 1.29 is 13.9 Å². The molecule has 0 bridgehead atoms. The van der Waals surface area contributed by atoms with Crippen LogP contribution in [0, 0.1) is 5.82 Å². The van der Waals surface area contributed by atoms with Gasteiger partial charge in [0.2, 0.25) is 0 Å². The molecule has 3 rings (SSSR count). The Bertz CT molecular complexity index is 646. The first kappa shape index (κ1) is 12.1. The van der Waals surface area contributed by atoms with Gasteiger partial charge in [-0.15, -0.1) is 0 Å². The van der Waals surface area contributed by atoms with Gasteiger partial charge >= 0.3 is 0 Å². The zero-order valence-corrected chi connectivity index (χ0v) is 10.7. The lowest BCUT2D eigenvalue weighted by Crippen LogP contribution is -1.94. The highest BCUT2D eigenvalue weighted by molar-refractivity contribution is 6.32. The fraction of sp³-hybridized carbons (Fsp3) is 0.143. The van der Waals surface area contributed by atoms with E-state index >= 15 is 0 Å². The van der Waals surface area contributed by atoms with E-state index in [1.54, 1.807) is 6.07 Å². The van der Waals surface area contributed by atoms with Gasteiger partial charge in [0.15, 0.2) is 5.75 Å². The molecule has 3 nitrogen and oxygen atoms in total. The predicted molar refractivity (Wildman–Crippen MR) is 71.5 cm³/mol. The summed E-state index contributed by atoms with van der Waals surface area (Å²) in [4.78, 5) is 0. The Balaban J connectivity index is 1.95. The van der Waals surface area contributed by atoms with Crippen LogP contribution in [0.1, 0.15) is 5.56 Å². The third kappa shape index (κ3) is 2.31. The summed E-state index contributed by atoms with van der Waals surface area (Å²) in [5.74, 6) is 1.24. The predicted octanol–water partition coefficient (Wildman–Crippen LogP) is 3.79. The third-order valence-electron chi connectivity index (χ3n) is 2.94. The van der Waals surface area contributed by atoms with Gasteiger partial charge in [0, 0.05) is 18.1 Å². The molecule has 0 amide bonds. The van der Waals surface area contributed by atoms with E-state index in [-0.39, 0.29) is 5.02 Å². The van der Waals surface area contributed by atoms with E-state index in [4.69, 9.17) is 26.8 Å². The van der Waals surface area contributed by atoms with Crippen molar-refractivity contribution >= 4 is 17.3 Å². The molecule has 2 N–H and O–H groups in total. The second kappa shape index (κ2) is 4.63. The average molecular weight is 280 g/mol. The summed E-state index contributed by atoms with van der Waals surface area (Å²) in [6.07, 6.45) is 0.823. The lowest BCUT2D eigenvalue weighted by Gasteiger charge is -2.11. The Labute approximate surface area is 114 Å². The minimum Gasteiger partial charge on any atom is -0.493 e. The molecular formula is C14H11ClFNO2. The number of hydrogen-bond acceptors (Lipinski definition) is 3. The van der Waals surface area contributed by atoms with Crippen molar-refractivity contribution in [2.75, 3.05) is 12.3 Å². The second-order valence-corrected chi connectivity index (χ2v) is 4.68. The molecule has 1 aliphatic heterocycles. The highest BCUT2D eigenvalue weighted by atomic mass is 35.5. The van der Waals surface area contributed by atoms with Gasteiger partial charge in [-0.05, 0) is 24.3 Å². The molecule has 0 fully saturated rings. The maximum Gasteiger partial charge on any atom is 0.150 e. The van der Waals surface area contributed by atoms with Crippen LogP contribution in [0.3, 0.4) is 0 Å². The van der Waals surface area contributed by atoms with Gasteiger partial charge in [-0.2, -0.15) is 0 Å². The van der Waals surface area contributed by atoms with Crippen molar-refractivity contribution in [3.63, 3.8) is 0 Å². The monoisotopic (exact) mass is 279 g/mol. The Morgan fingerprint density at radius 1 is 1.21 bits per heavy atom. The lowest BCUT2D eigenvalue weighted by molar-refractivity contribution is 0.357. The topological polar surface area (TPSA) is 44.5 Å². The van der Waals surface area contributed by atoms with Crippen molar-refractivity contribution in [1.82, 2.24) is 0 Å². The summed E-state index contributed by atoms with van der Waals surface area (Å²) in [7, 11) is 0. The lowest BCUT2D eigenvalue weighted by atomic mass is 10.1. The number of fused-ring (bicyclic) bond motifs is 1. The minimum absolute atomic E-state index is 0.205. The molecule has 0 atom stereocenters. The first-order valence-corrected chi connectivity index (χ1v) is 6.19. The molecule has 0 saturated carbocycles. The summed E-state index contributed by atoms with van der Waals surface area (Å²) in [6.45, 7) is 0.648. The molecule has 0 aromatic heterocycles. The number of benzene rings is 2. The fourth-order valence-corrected chi connectivity index (χ4v) is 2.19. The molecule has 0 spiro atoms. The quantitative estimate of drug-likeness (QED) is 0.851. The number of hydrogen-bond donors (Lipinski definition) is 1. The van der Waals surface area contributed by atoms with Crippen molar-refractivity contribution in [1.29, 1.82) is 0 Å². The van der Waals surface area contributed by atoms with Gasteiger partial charge in [-0.3, -0.25) is 0 Å². The smallest absolute Gasteiger partial charge is 0.150 e. The summed E-state index contributed by atoms with van der Waals surface area (Å²) in [6, 6.07) is 7.52. The van der Waals surface area contributed by atoms with Gasteiger partial charge in [-0.1, -0.05) is 11.6 Å². The van der Waals surface area contributed by atoms with Crippen LogP contribution in [0.15, 0.2) is 30.3 Å². The van der Waals surface area contributed by atoms with Crippen LogP contribution in [0.25, 0.3) is 0 Å². The maximum absolute atomic E-state index is 13.0. The molecule has 2 aromatic carbocycles. The summed E-state index contributed by atoms with van der Waals surface area (Å²) < 4.78 is 24.0. The van der Waals surface area contributed by atoms with Crippen LogP contribution < -0.4 is 15.2 Å². The van der Waals surface area contributed by atoms with Gasteiger partial charge in [0.25, 0.3) is 0 Å². The zero-order chi connectivity index (χ0) is 13.4. The third-order valence-corrected chi connectivity index (χ3v) is 3.23. The summed E-state index contributed by atoms with van der Waals surface area (Å²) in [5, 5.41) is 0.205. The molecule has 1 aliphatic rings. The second-order valence-electron chi connectivity index (χ2n) is 4.27. The number of nitrogen functional groups attached to an aromatic ring is 1. The van der Waals surface area contributed by atoms with Crippen molar-refractivity contribution in [2.24, 2.45) is 0 Å². The van der Waals surface area contributed by atoms with E-state index < -0.39 is 5.82 Å². The minimum atomic E-state index is -0.410. The molecule has 0 saturated heterocycles. The Morgan fingerprint density at radius 3 is 2.84 bits per heavy atom. The van der Waals surface area contributed by atoms with E-state index in [2.05, 4.69) is 0 Å². The van der Waals surface area contributed by atoms with Gasteiger partial charge in [0.05, 0.1) is 17.3 Å². The van der Waals surface area contributed by atoms with Gasteiger partial charge in [-0.25, -0.2) is 4.39 Å². The Hall–Kier alpha value is -1.94. The number of anilines is 1. The first-order valence-electron chi connectivity index (χ1n) is 5.81. The SMILES string of the molecule is Nc1cc2c(cc1Oc1ccc(F)cc1Cl)CCO2. The van der Waals surface area contributed by atoms with E-state index in [0.29, 0.717) is 23.8 Å². The maximum atomic E-state index is 13.0. The van der Waals surface area contributed by atoms with Crippen molar-refractivity contribution in [2.45, 2.75) is 6.42 Å². The van der Waals surface area contributed by atoms with Crippen LogP contribution in [0.4, 0.5) is 10.1 Å². The number of halogens is 2. The molecule has 19 heavy (non-hydrogen) atoms. The van der Waals surface area contributed by atoms with E-state index in [0.717, 1.165) is 17.7 Å². The first-order chi connectivity index (χ1) is 9.13. The van der Waals surface area contributed by atoms with Gasteiger partial charge < -0.3 is 15.2 Å². The molecular weight excluding hydrogens is 269 g/mol. The van der Waals surface area contributed by atoms with Crippen LogP contribution in [-0.2, 0) is 6.42 Å². The molecule has 5 heteroatoms. The summed E-state index contributed by atoms with van der Waals surface area (Å²) in [5.41, 5.74) is 7.40. The van der Waals surface area contributed by atoms with Crippen LogP contribution in [0.2, 0.25) is 5.02 Å². The number of rotatable bonds is 2. The molecule has 98 valence electrons. The van der Waals surface area contributed by atoms with Crippen LogP contribution in [-0.4, -0.2) is 6.61 Å². The fourth-order valence-electron chi connectivity index (χ4n) is 1.98. The van der Waals surface area contributed by atoms with Crippen LogP contribution in [0.5, 0.6) is 17.2 Å². The standard InChI is InChI=1S/C14H11ClFNO2/c15-10-6-9(16)1-2-12(10)19-14-5-8-3-4-18-13(8)7-11(14)17/h1-2,5-7H,3-4,17H2. The molecule has 0 radical (unpaired) electrons. The Kier molecular flexibility index (Phi) is 2.95. The highest BCUT2D eigenvalue weighted by Crippen LogP contribution is 2.38. The number of nitrogens with two attached hydrogens (primary N) is 1. The average Bonchev–Trinajstić information content (AvgIpc) is 2.80. The largest absolute Gasteiger partial charge is 0.493 e. The molecule has 0 aliphatic carbocycles. The van der Waals surface area contributed by atoms with E-state index in [9.17, 15) is 4.39 Å². The van der Waals surface area contributed by atoms with E-state index in [1.807, 2.05) is 6.07 Å². The van der Waals surface area contributed by atoms with Crippen LogP contribution >= 0.6 is 11.6 Å². The summed E-state index contributed by atoms with van der Waals surface area (Å²) >= 11 is 5.92.